The molecule has 0 radical (unpaired) electrons. The van der Waals surface area contributed by atoms with Crippen molar-refractivity contribution in [3.05, 3.63) is 78.9 Å². The van der Waals surface area contributed by atoms with Gasteiger partial charge in [0.1, 0.15) is 11.2 Å². The Hall–Kier alpha value is -3.04. The number of fused-ring (bicyclic) bond motifs is 5. The molecule has 118 valence electrons. The molecular formula is C22H15BO2. The molecule has 1 aromatic heterocycles. The highest BCUT2D eigenvalue weighted by Gasteiger charge is 2.11. The van der Waals surface area contributed by atoms with Gasteiger partial charge in [-0.2, -0.15) is 0 Å². The lowest BCUT2D eigenvalue weighted by Gasteiger charge is -2.03. The van der Waals surface area contributed by atoms with Crippen LogP contribution in [0.3, 0.4) is 0 Å². The summed E-state index contributed by atoms with van der Waals surface area (Å²) in [6, 6.07) is 26.9. The van der Waals surface area contributed by atoms with Gasteiger partial charge in [0.05, 0.1) is 0 Å². The summed E-state index contributed by atoms with van der Waals surface area (Å²) in [5, 5.41) is 14.0. The Morgan fingerprint density at radius 1 is 0.680 bits per heavy atom. The first-order valence-corrected chi connectivity index (χ1v) is 8.38. The minimum atomic E-state index is 0.0654. The molecule has 3 heteroatoms. The summed E-state index contributed by atoms with van der Waals surface area (Å²) in [4.78, 5) is 0. The number of hydrogen-bond donors (Lipinski definition) is 1. The van der Waals surface area contributed by atoms with Crippen molar-refractivity contribution >= 4 is 45.7 Å². The van der Waals surface area contributed by atoms with E-state index in [0.717, 1.165) is 33.1 Å². The van der Waals surface area contributed by atoms with Gasteiger partial charge in [-0.05, 0) is 40.1 Å². The molecule has 5 aromatic rings. The lowest BCUT2D eigenvalue weighted by atomic mass is 9.87. The maximum Gasteiger partial charge on any atom is 0.304 e. The molecule has 5 rings (SSSR count). The topological polar surface area (TPSA) is 33.4 Å². The second-order valence-electron chi connectivity index (χ2n) is 6.33. The average Bonchev–Trinajstić information content (AvgIpc) is 3.06. The minimum Gasteiger partial charge on any atom is -0.456 e. The summed E-state index contributed by atoms with van der Waals surface area (Å²) in [5.41, 5.74) is 4.96. The maximum atomic E-state index is 9.19. The predicted octanol–water partition coefficient (Wildman–Crippen LogP) is 4.38. The van der Waals surface area contributed by atoms with E-state index >= 15 is 0 Å². The Kier molecular flexibility index (Phi) is 3.15. The third-order valence-electron chi connectivity index (χ3n) is 4.83. The second-order valence-corrected chi connectivity index (χ2v) is 6.33. The third-order valence-corrected chi connectivity index (χ3v) is 4.83. The van der Waals surface area contributed by atoms with Gasteiger partial charge in [-0.1, -0.05) is 66.1 Å². The molecule has 0 saturated carbocycles. The standard InChI is InChI=1S/C22H15BO2/c24-23-17-9-5-14(6-10-17)16-7-11-19-21(13-16)25-20-12-8-15-3-1-2-4-18(15)22(19)20/h1-13,23-24H. The zero-order valence-electron chi connectivity index (χ0n) is 13.6. The summed E-state index contributed by atoms with van der Waals surface area (Å²) in [7, 11) is 0.0654. The molecule has 0 bridgehead atoms. The lowest BCUT2D eigenvalue weighted by molar-refractivity contribution is 0.615. The molecule has 0 amide bonds. The van der Waals surface area contributed by atoms with Crippen molar-refractivity contribution in [1.29, 1.82) is 0 Å². The molecule has 4 aromatic carbocycles. The Labute approximate surface area is 145 Å². The molecule has 1 heterocycles. The largest absolute Gasteiger partial charge is 0.456 e. The second kappa shape index (κ2) is 5.50. The summed E-state index contributed by atoms with van der Waals surface area (Å²) in [5.74, 6) is 0. The van der Waals surface area contributed by atoms with Gasteiger partial charge in [0, 0.05) is 10.8 Å². The van der Waals surface area contributed by atoms with E-state index in [-0.39, 0.29) is 7.48 Å². The first-order chi connectivity index (χ1) is 12.3. The number of benzene rings is 4. The third kappa shape index (κ3) is 2.24. The monoisotopic (exact) mass is 322 g/mol. The van der Waals surface area contributed by atoms with E-state index in [0.29, 0.717) is 0 Å². The fourth-order valence-corrected chi connectivity index (χ4v) is 3.53. The van der Waals surface area contributed by atoms with E-state index < -0.39 is 0 Å². The van der Waals surface area contributed by atoms with E-state index in [1.807, 2.05) is 30.3 Å². The normalized spacial score (nSPS) is 11.4. The SMILES string of the molecule is OBc1ccc(-c2ccc3c(c2)oc2ccc4ccccc4c23)cc1. The van der Waals surface area contributed by atoms with Gasteiger partial charge in [0.2, 0.25) is 0 Å². The highest BCUT2D eigenvalue weighted by atomic mass is 16.3. The first-order valence-electron chi connectivity index (χ1n) is 8.38. The van der Waals surface area contributed by atoms with Gasteiger partial charge >= 0.3 is 7.48 Å². The molecule has 1 N–H and O–H groups in total. The zero-order chi connectivity index (χ0) is 16.8. The van der Waals surface area contributed by atoms with Crippen LogP contribution in [0.2, 0.25) is 0 Å². The Bertz CT molecular complexity index is 1220. The maximum absolute atomic E-state index is 9.19. The smallest absolute Gasteiger partial charge is 0.304 e. The lowest BCUT2D eigenvalue weighted by Crippen LogP contribution is -2.11. The van der Waals surface area contributed by atoms with Crippen molar-refractivity contribution in [2.24, 2.45) is 0 Å². The van der Waals surface area contributed by atoms with Crippen molar-refractivity contribution in [1.82, 2.24) is 0 Å². The Morgan fingerprint density at radius 3 is 2.32 bits per heavy atom. The van der Waals surface area contributed by atoms with E-state index in [1.54, 1.807) is 0 Å². The van der Waals surface area contributed by atoms with Crippen molar-refractivity contribution in [2.45, 2.75) is 0 Å². The summed E-state index contributed by atoms with van der Waals surface area (Å²) in [6.07, 6.45) is 0. The Balaban J connectivity index is 1.74. The molecule has 0 aliphatic heterocycles. The molecule has 0 fully saturated rings. The van der Waals surface area contributed by atoms with Crippen LogP contribution in [-0.2, 0) is 0 Å². The highest BCUT2D eigenvalue weighted by Crippen LogP contribution is 2.36. The molecule has 0 aliphatic rings. The fourth-order valence-electron chi connectivity index (χ4n) is 3.53. The molecule has 0 spiro atoms. The van der Waals surface area contributed by atoms with Crippen LogP contribution in [0.5, 0.6) is 0 Å². The van der Waals surface area contributed by atoms with Crippen molar-refractivity contribution in [3.63, 3.8) is 0 Å². The van der Waals surface area contributed by atoms with E-state index in [4.69, 9.17) is 4.42 Å². The summed E-state index contributed by atoms with van der Waals surface area (Å²) in [6.45, 7) is 0. The van der Waals surface area contributed by atoms with Gasteiger partial charge in [0.25, 0.3) is 0 Å². The first kappa shape index (κ1) is 14.3. The van der Waals surface area contributed by atoms with Crippen molar-refractivity contribution < 1.29 is 9.44 Å². The van der Waals surface area contributed by atoms with Crippen LogP contribution in [0.4, 0.5) is 0 Å². The molecule has 0 aliphatic carbocycles. The van der Waals surface area contributed by atoms with Gasteiger partial charge in [-0.15, -0.1) is 0 Å². The van der Waals surface area contributed by atoms with Crippen LogP contribution in [0.25, 0.3) is 43.8 Å². The number of furan rings is 1. The molecule has 2 nitrogen and oxygen atoms in total. The molecular weight excluding hydrogens is 307 g/mol. The fraction of sp³-hybridized carbons (Fsp3) is 0. The van der Waals surface area contributed by atoms with Crippen molar-refractivity contribution in [2.75, 3.05) is 0 Å². The van der Waals surface area contributed by atoms with Gasteiger partial charge < -0.3 is 9.44 Å². The van der Waals surface area contributed by atoms with Crippen LogP contribution in [-0.4, -0.2) is 12.5 Å². The van der Waals surface area contributed by atoms with Crippen LogP contribution in [0.1, 0.15) is 0 Å². The molecule has 0 unspecified atom stereocenters. The van der Waals surface area contributed by atoms with E-state index in [2.05, 4.69) is 48.5 Å². The highest BCUT2D eigenvalue weighted by molar-refractivity contribution is 6.45. The van der Waals surface area contributed by atoms with Gasteiger partial charge in [-0.25, -0.2) is 0 Å². The van der Waals surface area contributed by atoms with Crippen LogP contribution >= 0.6 is 0 Å². The predicted molar refractivity (Wildman–Crippen MR) is 106 cm³/mol. The van der Waals surface area contributed by atoms with Gasteiger partial charge in [0.15, 0.2) is 0 Å². The molecule has 25 heavy (non-hydrogen) atoms. The van der Waals surface area contributed by atoms with E-state index in [9.17, 15) is 5.02 Å². The summed E-state index contributed by atoms with van der Waals surface area (Å²) >= 11 is 0. The zero-order valence-corrected chi connectivity index (χ0v) is 13.6. The number of hydrogen-bond acceptors (Lipinski definition) is 2. The quantitative estimate of drug-likeness (QED) is 0.490. The van der Waals surface area contributed by atoms with E-state index in [1.165, 1.54) is 16.2 Å². The number of rotatable bonds is 2. The van der Waals surface area contributed by atoms with Crippen LogP contribution in [0, 0.1) is 0 Å². The molecule has 0 atom stereocenters. The van der Waals surface area contributed by atoms with Crippen molar-refractivity contribution in [3.8, 4) is 11.1 Å². The van der Waals surface area contributed by atoms with Crippen LogP contribution in [0.15, 0.2) is 83.3 Å². The molecule has 0 saturated heterocycles. The summed E-state index contributed by atoms with van der Waals surface area (Å²) < 4.78 is 6.13. The minimum absolute atomic E-state index is 0.0654. The Morgan fingerprint density at radius 2 is 1.48 bits per heavy atom. The van der Waals surface area contributed by atoms with Crippen LogP contribution < -0.4 is 5.46 Å². The average molecular weight is 322 g/mol. The van der Waals surface area contributed by atoms with Gasteiger partial charge in [-0.3, -0.25) is 0 Å².